The molecule has 1 heterocycles. The normalized spacial score (nSPS) is 19.1. The topological polar surface area (TPSA) is 26.3 Å². The van der Waals surface area contributed by atoms with E-state index < -0.39 is 0 Å². The monoisotopic (exact) mass is 256 g/mol. The molecule has 1 unspecified atom stereocenters. The van der Waals surface area contributed by atoms with Crippen molar-refractivity contribution in [1.82, 2.24) is 0 Å². The Bertz CT molecular complexity index is 406. The molecule has 1 aliphatic rings. The Morgan fingerprint density at radius 1 is 1.56 bits per heavy atom. The van der Waals surface area contributed by atoms with Gasteiger partial charge in [-0.15, -0.1) is 0 Å². The molecular weight excluding hydrogens is 244 g/mol. The van der Waals surface area contributed by atoms with Crippen LogP contribution in [0.2, 0.25) is 5.02 Å². The van der Waals surface area contributed by atoms with Crippen molar-refractivity contribution in [2.24, 2.45) is 0 Å². The molecule has 0 fully saturated rings. The van der Waals surface area contributed by atoms with Crippen LogP contribution in [0.4, 0.5) is 0 Å². The summed E-state index contributed by atoms with van der Waals surface area (Å²) in [5, 5.41) is 0.582. The lowest BCUT2D eigenvalue weighted by atomic mass is 9.99. The summed E-state index contributed by atoms with van der Waals surface area (Å²) < 4.78 is 5.77. The van der Waals surface area contributed by atoms with Crippen LogP contribution in [-0.4, -0.2) is 23.9 Å². The van der Waals surface area contributed by atoms with Crippen molar-refractivity contribution in [3.63, 3.8) is 0 Å². The number of halogens is 1. The number of hydrogen-bond acceptors (Lipinski definition) is 3. The predicted octanol–water partition coefficient (Wildman–Crippen LogP) is 3.43. The Hall–Kier alpha value is -0.670. The number of rotatable bonds is 3. The number of ether oxygens (including phenoxy) is 1. The first-order valence-electron chi connectivity index (χ1n) is 5.19. The Morgan fingerprint density at radius 2 is 2.38 bits per heavy atom. The molecule has 0 spiro atoms. The number of hydrogen-bond donors (Lipinski definition) is 0. The minimum absolute atomic E-state index is 0.0219. The van der Waals surface area contributed by atoms with E-state index in [9.17, 15) is 4.79 Å². The van der Waals surface area contributed by atoms with E-state index in [0.717, 1.165) is 12.2 Å². The number of benzene rings is 1. The van der Waals surface area contributed by atoms with Gasteiger partial charge in [0.05, 0.1) is 5.56 Å². The van der Waals surface area contributed by atoms with E-state index in [4.69, 9.17) is 16.3 Å². The van der Waals surface area contributed by atoms with Gasteiger partial charge in [-0.2, -0.15) is 11.8 Å². The third kappa shape index (κ3) is 2.53. The summed E-state index contributed by atoms with van der Waals surface area (Å²) in [6, 6.07) is 5.22. The maximum Gasteiger partial charge on any atom is 0.170 e. The smallest absolute Gasteiger partial charge is 0.170 e. The zero-order valence-corrected chi connectivity index (χ0v) is 10.6. The molecule has 1 aliphatic heterocycles. The first-order chi connectivity index (χ1) is 7.70. The average molecular weight is 257 g/mol. The summed E-state index contributed by atoms with van der Waals surface area (Å²) in [6.45, 7) is 0. The van der Waals surface area contributed by atoms with Crippen LogP contribution in [0.1, 0.15) is 23.2 Å². The molecule has 0 amide bonds. The fraction of sp³-hybridized carbons (Fsp3) is 0.417. The van der Waals surface area contributed by atoms with Crippen LogP contribution in [0.3, 0.4) is 0 Å². The first kappa shape index (κ1) is 11.8. The van der Waals surface area contributed by atoms with Gasteiger partial charge in [-0.25, -0.2) is 0 Å². The second-order valence-corrected chi connectivity index (χ2v) is 5.21. The van der Waals surface area contributed by atoms with Crippen LogP contribution in [0.15, 0.2) is 18.2 Å². The minimum atomic E-state index is 0.0219. The van der Waals surface area contributed by atoms with Crippen molar-refractivity contribution in [2.75, 3.05) is 12.0 Å². The van der Waals surface area contributed by atoms with Crippen molar-refractivity contribution < 1.29 is 9.53 Å². The average Bonchev–Trinajstić information content (AvgIpc) is 2.27. The van der Waals surface area contributed by atoms with Crippen molar-refractivity contribution in [1.29, 1.82) is 0 Å². The largest absolute Gasteiger partial charge is 0.489 e. The van der Waals surface area contributed by atoms with Crippen LogP contribution in [0.5, 0.6) is 5.75 Å². The summed E-state index contributed by atoms with van der Waals surface area (Å²) in [4.78, 5) is 11.9. The quantitative estimate of drug-likeness (QED) is 0.829. The van der Waals surface area contributed by atoms with Gasteiger partial charge in [0.2, 0.25) is 0 Å². The van der Waals surface area contributed by atoms with Gasteiger partial charge >= 0.3 is 0 Å². The molecule has 0 saturated heterocycles. The molecule has 0 aliphatic carbocycles. The summed E-state index contributed by atoms with van der Waals surface area (Å²) in [5.41, 5.74) is 0.618. The number of fused-ring (bicyclic) bond motifs is 1. The second-order valence-electron chi connectivity index (χ2n) is 3.79. The van der Waals surface area contributed by atoms with Crippen LogP contribution >= 0.6 is 23.4 Å². The van der Waals surface area contributed by atoms with Crippen LogP contribution in [-0.2, 0) is 0 Å². The van der Waals surface area contributed by atoms with Crippen LogP contribution < -0.4 is 4.74 Å². The summed E-state index contributed by atoms with van der Waals surface area (Å²) in [7, 11) is 0. The molecule has 1 aromatic carbocycles. The number of thioether (sulfide) groups is 1. The van der Waals surface area contributed by atoms with E-state index in [-0.39, 0.29) is 11.9 Å². The molecule has 0 saturated carbocycles. The van der Waals surface area contributed by atoms with Gasteiger partial charge in [0.1, 0.15) is 11.9 Å². The van der Waals surface area contributed by atoms with E-state index in [2.05, 4.69) is 6.26 Å². The van der Waals surface area contributed by atoms with E-state index in [1.807, 2.05) is 0 Å². The van der Waals surface area contributed by atoms with Crippen molar-refractivity contribution in [3.05, 3.63) is 28.8 Å². The highest BCUT2D eigenvalue weighted by Crippen LogP contribution is 2.31. The Kier molecular flexibility index (Phi) is 3.77. The number of Topliss-reactive ketones (excluding diaryl/α,β-unsaturated/α-hetero) is 1. The van der Waals surface area contributed by atoms with Gasteiger partial charge in [0.15, 0.2) is 5.78 Å². The Morgan fingerprint density at radius 3 is 3.12 bits per heavy atom. The molecule has 16 heavy (non-hydrogen) atoms. The molecule has 1 atom stereocenters. The molecule has 0 aromatic heterocycles. The van der Waals surface area contributed by atoms with Gasteiger partial charge in [-0.1, -0.05) is 11.6 Å². The minimum Gasteiger partial charge on any atom is -0.489 e. The van der Waals surface area contributed by atoms with Gasteiger partial charge < -0.3 is 4.74 Å². The molecule has 0 bridgehead atoms. The van der Waals surface area contributed by atoms with E-state index in [1.54, 1.807) is 30.0 Å². The van der Waals surface area contributed by atoms with Gasteiger partial charge in [-0.05, 0) is 36.6 Å². The molecule has 2 rings (SSSR count). The van der Waals surface area contributed by atoms with Crippen LogP contribution in [0, 0.1) is 0 Å². The molecule has 1 aromatic rings. The fourth-order valence-corrected chi connectivity index (χ4v) is 2.44. The third-order valence-electron chi connectivity index (χ3n) is 2.59. The van der Waals surface area contributed by atoms with Gasteiger partial charge in [0.25, 0.3) is 0 Å². The first-order valence-corrected chi connectivity index (χ1v) is 6.96. The third-order valence-corrected chi connectivity index (χ3v) is 3.47. The number of ketones is 1. The summed E-state index contributed by atoms with van der Waals surface area (Å²) >= 11 is 7.62. The Balaban J connectivity index is 2.17. The van der Waals surface area contributed by atoms with Crippen molar-refractivity contribution in [3.8, 4) is 5.75 Å². The number of carbonyl (C=O) groups is 1. The van der Waals surface area contributed by atoms with Crippen LogP contribution in [0.25, 0.3) is 0 Å². The Labute approximate surface area is 104 Å². The molecular formula is C12H13ClO2S. The van der Waals surface area contributed by atoms with E-state index in [0.29, 0.717) is 22.8 Å². The maximum atomic E-state index is 11.9. The lowest BCUT2D eigenvalue weighted by Gasteiger charge is -2.25. The summed E-state index contributed by atoms with van der Waals surface area (Å²) in [6.07, 6.45) is 3.45. The highest BCUT2D eigenvalue weighted by molar-refractivity contribution is 7.98. The fourth-order valence-electron chi connectivity index (χ4n) is 1.77. The zero-order valence-electron chi connectivity index (χ0n) is 9.03. The molecule has 0 radical (unpaired) electrons. The van der Waals surface area contributed by atoms with E-state index >= 15 is 0 Å². The highest BCUT2D eigenvalue weighted by atomic mass is 35.5. The molecule has 2 nitrogen and oxygen atoms in total. The molecule has 0 N–H and O–H groups in total. The maximum absolute atomic E-state index is 11.9. The molecule has 86 valence electrons. The SMILES string of the molecule is CSCCC1CC(=O)c2cc(Cl)ccc2O1. The number of carbonyl (C=O) groups excluding carboxylic acids is 1. The predicted molar refractivity (Wildman–Crippen MR) is 67.8 cm³/mol. The van der Waals surface area contributed by atoms with Crippen molar-refractivity contribution in [2.45, 2.75) is 18.9 Å². The lowest BCUT2D eigenvalue weighted by Crippen LogP contribution is -2.27. The molecule has 4 heteroatoms. The zero-order chi connectivity index (χ0) is 11.5. The van der Waals surface area contributed by atoms with E-state index in [1.165, 1.54) is 0 Å². The van der Waals surface area contributed by atoms with Gasteiger partial charge in [0, 0.05) is 11.4 Å². The highest BCUT2D eigenvalue weighted by Gasteiger charge is 2.26. The van der Waals surface area contributed by atoms with Gasteiger partial charge in [-0.3, -0.25) is 4.79 Å². The summed E-state index contributed by atoms with van der Waals surface area (Å²) in [5.74, 6) is 1.82. The van der Waals surface area contributed by atoms with Crippen molar-refractivity contribution >= 4 is 29.1 Å². The lowest BCUT2D eigenvalue weighted by molar-refractivity contribution is 0.0847. The standard InChI is InChI=1S/C12H13ClO2S/c1-16-5-4-9-7-11(14)10-6-8(13)2-3-12(10)15-9/h2-3,6,9H,4-5,7H2,1H3. The second kappa shape index (κ2) is 5.11.